The molecule has 0 saturated heterocycles. The zero-order chi connectivity index (χ0) is 8.43. The highest BCUT2D eigenvalue weighted by Gasteiger charge is 2.29. The van der Waals surface area contributed by atoms with Crippen molar-refractivity contribution in [1.29, 1.82) is 0 Å². The molecule has 64 valence electrons. The Morgan fingerprint density at radius 1 is 1.55 bits per heavy atom. The average Bonchev–Trinajstić information content (AvgIpc) is 2.67. The second-order valence-corrected chi connectivity index (χ2v) is 3.35. The van der Waals surface area contributed by atoms with Crippen LogP contribution in [0.3, 0.4) is 0 Å². The first-order valence-corrected chi connectivity index (χ1v) is 4.10. The van der Waals surface area contributed by atoms with E-state index in [9.17, 15) is 4.79 Å². The summed E-state index contributed by atoms with van der Waals surface area (Å²) in [6, 6.07) is -0.0494. The topological polar surface area (TPSA) is 49.3 Å². The standard InChI is InChI=1S/C8H15NO2/c1-5(7-3-4-7)9-6(2)8(10)11/h5-7,9H,3-4H2,1-2H3,(H,10,11)/t5?,6-/m0/s1. The van der Waals surface area contributed by atoms with Gasteiger partial charge in [0.25, 0.3) is 0 Å². The Balaban J connectivity index is 2.22. The summed E-state index contributed by atoms with van der Waals surface area (Å²) in [5, 5.41) is 11.6. The van der Waals surface area contributed by atoms with Gasteiger partial charge in [-0.1, -0.05) is 0 Å². The molecular formula is C8H15NO2. The minimum atomic E-state index is -0.766. The van der Waals surface area contributed by atoms with Gasteiger partial charge in [0.1, 0.15) is 6.04 Å². The van der Waals surface area contributed by atoms with Gasteiger partial charge in [-0.3, -0.25) is 4.79 Å². The maximum atomic E-state index is 10.4. The van der Waals surface area contributed by atoms with Crippen molar-refractivity contribution in [2.45, 2.75) is 38.8 Å². The van der Waals surface area contributed by atoms with E-state index in [0.717, 1.165) is 5.92 Å². The lowest BCUT2D eigenvalue weighted by atomic mass is 10.2. The van der Waals surface area contributed by atoms with Crippen LogP contribution in [0.5, 0.6) is 0 Å². The molecule has 0 aromatic heterocycles. The van der Waals surface area contributed by atoms with Gasteiger partial charge in [0.15, 0.2) is 0 Å². The van der Waals surface area contributed by atoms with Crippen molar-refractivity contribution in [1.82, 2.24) is 5.32 Å². The predicted octanol–water partition coefficient (Wildman–Crippen LogP) is 0.848. The van der Waals surface area contributed by atoms with E-state index in [2.05, 4.69) is 12.2 Å². The van der Waals surface area contributed by atoms with Gasteiger partial charge in [0, 0.05) is 6.04 Å². The zero-order valence-electron chi connectivity index (χ0n) is 7.00. The minimum absolute atomic E-state index is 0.362. The van der Waals surface area contributed by atoms with E-state index < -0.39 is 12.0 Å². The molecule has 2 N–H and O–H groups in total. The summed E-state index contributed by atoms with van der Waals surface area (Å²) in [4.78, 5) is 10.4. The molecule has 11 heavy (non-hydrogen) atoms. The number of hydrogen-bond acceptors (Lipinski definition) is 2. The number of hydrogen-bond donors (Lipinski definition) is 2. The number of nitrogens with one attached hydrogen (secondary N) is 1. The summed E-state index contributed by atoms with van der Waals surface area (Å²) in [5.41, 5.74) is 0. The number of carboxylic acids is 1. The number of carbonyl (C=O) groups is 1. The first-order valence-electron chi connectivity index (χ1n) is 4.10. The molecule has 1 unspecified atom stereocenters. The van der Waals surface area contributed by atoms with Gasteiger partial charge in [0.2, 0.25) is 0 Å². The van der Waals surface area contributed by atoms with E-state index in [1.165, 1.54) is 12.8 Å². The van der Waals surface area contributed by atoms with Crippen LogP contribution >= 0.6 is 0 Å². The molecule has 0 aliphatic heterocycles. The molecule has 0 amide bonds. The highest BCUT2D eigenvalue weighted by atomic mass is 16.4. The van der Waals surface area contributed by atoms with Crippen LogP contribution in [0, 0.1) is 5.92 Å². The van der Waals surface area contributed by atoms with Crippen molar-refractivity contribution < 1.29 is 9.90 Å². The number of rotatable bonds is 4. The summed E-state index contributed by atoms with van der Waals surface area (Å²) in [5.74, 6) is -0.0469. The summed E-state index contributed by atoms with van der Waals surface area (Å²) in [6.07, 6.45) is 2.50. The number of aliphatic carboxylic acids is 1. The predicted molar refractivity (Wildman–Crippen MR) is 42.4 cm³/mol. The third-order valence-electron chi connectivity index (χ3n) is 2.21. The van der Waals surface area contributed by atoms with E-state index in [-0.39, 0.29) is 0 Å². The Hall–Kier alpha value is -0.570. The molecule has 1 aliphatic carbocycles. The molecule has 1 rings (SSSR count). The van der Waals surface area contributed by atoms with Gasteiger partial charge in [0.05, 0.1) is 0 Å². The van der Waals surface area contributed by atoms with Gasteiger partial charge >= 0.3 is 5.97 Å². The molecule has 3 nitrogen and oxygen atoms in total. The van der Waals surface area contributed by atoms with Crippen LogP contribution in [0.1, 0.15) is 26.7 Å². The largest absolute Gasteiger partial charge is 0.480 e. The van der Waals surface area contributed by atoms with Crippen LogP contribution in [0.2, 0.25) is 0 Å². The Kier molecular flexibility index (Phi) is 2.49. The first-order chi connectivity index (χ1) is 5.11. The molecule has 0 radical (unpaired) electrons. The Morgan fingerprint density at radius 2 is 2.09 bits per heavy atom. The molecule has 0 heterocycles. The van der Waals surface area contributed by atoms with E-state index in [4.69, 9.17) is 5.11 Å². The molecule has 0 bridgehead atoms. The minimum Gasteiger partial charge on any atom is -0.480 e. The summed E-state index contributed by atoms with van der Waals surface area (Å²) < 4.78 is 0. The van der Waals surface area contributed by atoms with Gasteiger partial charge in [-0.2, -0.15) is 0 Å². The van der Waals surface area contributed by atoms with Crippen LogP contribution in [-0.4, -0.2) is 23.2 Å². The van der Waals surface area contributed by atoms with Gasteiger partial charge in [-0.15, -0.1) is 0 Å². The van der Waals surface area contributed by atoms with Crippen LogP contribution in [0.25, 0.3) is 0 Å². The maximum absolute atomic E-state index is 10.4. The first kappa shape index (κ1) is 8.53. The van der Waals surface area contributed by atoms with Crippen molar-refractivity contribution in [2.24, 2.45) is 5.92 Å². The Morgan fingerprint density at radius 3 is 2.45 bits per heavy atom. The average molecular weight is 157 g/mol. The summed E-state index contributed by atoms with van der Waals surface area (Å²) in [6.45, 7) is 3.73. The molecule has 2 atom stereocenters. The highest BCUT2D eigenvalue weighted by molar-refractivity contribution is 5.72. The van der Waals surface area contributed by atoms with Crippen molar-refractivity contribution in [2.75, 3.05) is 0 Å². The molecular weight excluding hydrogens is 142 g/mol. The fourth-order valence-corrected chi connectivity index (χ4v) is 1.20. The normalized spacial score (nSPS) is 22.7. The second-order valence-electron chi connectivity index (χ2n) is 3.35. The van der Waals surface area contributed by atoms with Crippen LogP contribution in [0.15, 0.2) is 0 Å². The third kappa shape index (κ3) is 2.50. The van der Waals surface area contributed by atoms with Gasteiger partial charge in [-0.05, 0) is 32.6 Å². The summed E-state index contributed by atoms with van der Waals surface area (Å²) in [7, 11) is 0. The Bertz CT molecular complexity index is 154. The monoisotopic (exact) mass is 157 g/mol. The van der Waals surface area contributed by atoms with Gasteiger partial charge < -0.3 is 10.4 Å². The fourth-order valence-electron chi connectivity index (χ4n) is 1.20. The quantitative estimate of drug-likeness (QED) is 0.636. The van der Waals surface area contributed by atoms with E-state index in [1.54, 1.807) is 6.92 Å². The van der Waals surface area contributed by atoms with Crippen LogP contribution in [0.4, 0.5) is 0 Å². The fraction of sp³-hybridized carbons (Fsp3) is 0.875. The van der Waals surface area contributed by atoms with Crippen LogP contribution in [-0.2, 0) is 4.79 Å². The second kappa shape index (κ2) is 3.22. The van der Waals surface area contributed by atoms with E-state index in [0.29, 0.717) is 6.04 Å². The molecule has 1 saturated carbocycles. The molecule has 3 heteroatoms. The SMILES string of the molecule is CC(N[C@@H](C)C(=O)O)C1CC1. The lowest BCUT2D eigenvalue weighted by molar-refractivity contribution is -0.139. The van der Waals surface area contributed by atoms with Crippen molar-refractivity contribution in [3.8, 4) is 0 Å². The van der Waals surface area contributed by atoms with Crippen molar-refractivity contribution in [3.63, 3.8) is 0 Å². The van der Waals surface area contributed by atoms with Crippen LogP contribution < -0.4 is 5.32 Å². The maximum Gasteiger partial charge on any atom is 0.320 e. The van der Waals surface area contributed by atoms with E-state index in [1.807, 2.05) is 0 Å². The molecule has 0 aromatic carbocycles. The zero-order valence-corrected chi connectivity index (χ0v) is 7.00. The molecule has 0 aromatic rings. The Labute approximate surface area is 66.8 Å². The van der Waals surface area contributed by atoms with Gasteiger partial charge in [-0.25, -0.2) is 0 Å². The molecule has 1 aliphatic rings. The van der Waals surface area contributed by atoms with E-state index >= 15 is 0 Å². The lowest BCUT2D eigenvalue weighted by Gasteiger charge is -2.15. The lowest BCUT2D eigenvalue weighted by Crippen LogP contribution is -2.40. The third-order valence-corrected chi connectivity index (χ3v) is 2.21. The van der Waals surface area contributed by atoms with Crippen molar-refractivity contribution >= 4 is 5.97 Å². The number of carboxylic acid groups (broad SMARTS) is 1. The van der Waals surface area contributed by atoms with Crippen molar-refractivity contribution in [3.05, 3.63) is 0 Å². The smallest absolute Gasteiger partial charge is 0.320 e. The molecule has 0 spiro atoms. The summed E-state index contributed by atoms with van der Waals surface area (Å²) >= 11 is 0. The highest BCUT2D eigenvalue weighted by Crippen LogP contribution is 2.32. The molecule has 1 fully saturated rings.